The highest BCUT2D eigenvalue weighted by atomic mass is 16.5. The van der Waals surface area contributed by atoms with Crippen LogP contribution in [0.4, 0.5) is 0 Å². The lowest BCUT2D eigenvalue weighted by atomic mass is 10.1. The van der Waals surface area contributed by atoms with Gasteiger partial charge in [-0.2, -0.15) is 0 Å². The fourth-order valence-electron chi connectivity index (χ4n) is 2.04. The molecule has 1 saturated carbocycles. The van der Waals surface area contributed by atoms with Crippen LogP contribution in [0.1, 0.15) is 30.1 Å². The lowest BCUT2D eigenvalue weighted by molar-refractivity contribution is 0.0765. The molecule has 1 aliphatic rings. The largest absolute Gasteiger partial charge is 0.493 e. The van der Waals surface area contributed by atoms with Crippen LogP contribution in [0.25, 0.3) is 0 Å². The van der Waals surface area contributed by atoms with Crippen molar-refractivity contribution in [2.45, 2.75) is 19.8 Å². The van der Waals surface area contributed by atoms with Crippen molar-refractivity contribution in [2.24, 2.45) is 5.92 Å². The van der Waals surface area contributed by atoms with Crippen LogP contribution in [-0.4, -0.2) is 30.5 Å². The number of carbonyl (C=O) groups excluding carboxylic acids is 1. The molecule has 0 saturated heterocycles. The van der Waals surface area contributed by atoms with Crippen LogP contribution < -0.4 is 4.74 Å². The summed E-state index contributed by atoms with van der Waals surface area (Å²) in [5.74, 6) is 3.79. The van der Waals surface area contributed by atoms with Crippen LogP contribution in [0, 0.1) is 18.3 Å². The Labute approximate surface area is 114 Å². The van der Waals surface area contributed by atoms with Gasteiger partial charge < -0.3 is 9.64 Å². The van der Waals surface area contributed by atoms with Gasteiger partial charge in [-0.15, -0.1) is 6.42 Å². The second-order valence-electron chi connectivity index (χ2n) is 4.76. The molecule has 3 heteroatoms. The molecule has 3 nitrogen and oxygen atoms in total. The Morgan fingerprint density at radius 3 is 2.84 bits per heavy atom. The maximum Gasteiger partial charge on any atom is 0.258 e. The van der Waals surface area contributed by atoms with Crippen molar-refractivity contribution in [3.05, 3.63) is 29.8 Å². The standard InChI is InChI=1S/C16H19NO2/c1-3-11-17(12-13-9-10-13)16(18)14-7-5-6-8-15(14)19-4-2/h1,5-8,13H,4,9-12H2,2H3. The number of hydrogen-bond acceptors (Lipinski definition) is 2. The molecule has 19 heavy (non-hydrogen) atoms. The Hall–Kier alpha value is -1.95. The number of nitrogens with zero attached hydrogens (tertiary/aromatic N) is 1. The van der Waals surface area contributed by atoms with Gasteiger partial charge in [0.25, 0.3) is 5.91 Å². The van der Waals surface area contributed by atoms with Gasteiger partial charge in [0.15, 0.2) is 0 Å². The van der Waals surface area contributed by atoms with Gasteiger partial charge >= 0.3 is 0 Å². The Morgan fingerprint density at radius 2 is 2.21 bits per heavy atom. The zero-order chi connectivity index (χ0) is 13.7. The molecule has 1 aliphatic carbocycles. The first-order valence-electron chi connectivity index (χ1n) is 6.70. The van der Waals surface area contributed by atoms with Gasteiger partial charge in [0, 0.05) is 6.54 Å². The summed E-state index contributed by atoms with van der Waals surface area (Å²) in [6.07, 6.45) is 7.75. The van der Waals surface area contributed by atoms with Crippen LogP contribution in [0.5, 0.6) is 5.75 Å². The fourth-order valence-corrected chi connectivity index (χ4v) is 2.04. The zero-order valence-electron chi connectivity index (χ0n) is 11.3. The van der Waals surface area contributed by atoms with E-state index in [1.807, 2.05) is 25.1 Å². The molecule has 0 N–H and O–H groups in total. The van der Waals surface area contributed by atoms with Crippen LogP contribution >= 0.6 is 0 Å². The van der Waals surface area contributed by atoms with Crippen molar-refractivity contribution in [3.63, 3.8) is 0 Å². The second kappa shape index (κ2) is 6.29. The first-order chi connectivity index (χ1) is 9.26. The molecular weight excluding hydrogens is 238 g/mol. The third-order valence-electron chi connectivity index (χ3n) is 3.16. The predicted molar refractivity (Wildman–Crippen MR) is 75.1 cm³/mol. The molecule has 1 amide bonds. The maximum atomic E-state index is 12.5. The molecule has 0 radical (unpaired) electrons. The van der Waals surface area contributed by atoms with Crippen molar-refractivity contribution in [1.29, 1.82) is 0 Å². The van der Waals surface area contributed by atoms with Gasteiger partial charge in [0.05, 0.1) is 18.7 Å². The van der Waals surface area contributed by atoms with Gasteiger partial charge in [-0.05, 0) is 37.8 Å². The topological polar surface area (TPSA) is 29.5 Å². The van der Waals surface area contributed by atoms with Crippen LogP contribution in [0.3, 0.4) is 0 Å². The Kier molecular flexibility index (Phi) is 4.46. The number of carbonyl (C=O) groups is 1. The first-order valence-corrected chi connectivity index (χ1v) is 6.70. The third-order valence-corrected chi connectivity index (χ3v) is 3.16. The Morgan fingerprint density at radius 1 is 1.47 bits per heavy atom. The molecule has 0 unspecified atom stereocenters. The van der Waals surface area contributed by atoms with Gasteiger partial charge in [-0.3, -0.25) is 4.79 Å². The minimum absolute atomic E-state index is 0.0334. The normalized spacial score (nSPS) is 13.7. The molecule has 0 bridgehead atoms. The average Bonchev–Trinajstić information content (AvgIpc) is 3.22. The molecule has 100 valence electrons. The smallest absolute Gasteiger partial charge is 0.258 e. The van der Waals surface area contributed by atoms with Crippen molar-refractivity contribution in [3.8, 4) is 18.1 Å². The zero-order valence-corrected chi connectivity index (χ0v) is 11.3. The van der Waals surface area contributed by atoms with E-state index in [1.165, 1.54) is 12.8 Å². The van der Waals surface area contributed by atoms with E-state index in [0.29, 0.717) is 30.4 Å². The van der Waals surface area contributed by atoms with E-state index in [1.54, 1.807) is 11.0 Å². The number of rotatable bonds is 6. The molecule has 1 aromatic carbocycles. The summed E-state index contributed by atoms with van der Waals surface area (Å²) < 4.78 is 5.51. The summed E-state index contributed by atoms with van der Waals surface area (Å²) in [4.78, 5) is 14.3. The average molecular weight is 257 g/mol. The first kappa shape index (κ1) is 13.5. The highest BCUT2D eigenvalue weighted by Crippen LogP contribution is 2.30. The molecule has 1 fully saturated rings. The van der Waals surface area contributed by atoms with Crippen LogP contribution in [0.2, 0.25) is 0 Å². The van der Waals surface area contributed by atoms with E-state index >= 15 is 0 Å². The highest BCUT2D eigenvalue weighted by molar-refractivity contribution is 5.97. The molecule has 0 aromatic heterocycles. The van der Waals surface area contributed by atoms with Gasteiger partial charge in [0.2, 0.25) is 0 Å². The number of ether oxygens (including phenoxy) is 1. The number of para-hydroxylation sites is 1. The Bertz CT molecular complexity index is 486. The van der Waals surface area contributed by atoms with E-state index in [2.05, 4.69) is 5.92 Å². The van der Waals surface area contributed by atoms with Gasteiger partial charge in [0.1, 0.15) is 5.75 Å². The van der Waals surface area contributed by atoms with Crippen molar-refractivity contribution in [2.75, 3.05) is 19.7 Å². The highest BCUT2D eigenvalue weighted by Gasteiger charge is 2.27. The van der Waals surface area contributed by atoms with Gasteiger partial charge in [-0.25, -0.2) is 0 Å². The SMILES string of the molecule is C#CCN(CC1CC1)C(=O)c1ccccc1OCC. The number of hydrogen-bond donors (Lipinski definition) is 0. The second-order valence-corrected chi connectivity index (χ2v) is 4.76. The quantitative estimate of drug-likeness (QED) is 0.733. The lowest BCUT2D eigenvalue weighted by Gasteiger charge is -2.21. The lowest BCUT2D eigenvalue weighted by Crippen LogP contribution is -2.33. The predicted octanol–water partition coefficient (Wildman–Crippen LogP) is 2.57. The van der Waals surface area contributed by atoms with Crippen molar-refractivity contribution >= 4 is 5.91 Å². The molecule has 0 spiro atoms. The molecule has 0 aliphatic heterocycles. The summed E-state index contributed by atoms with van der Waals surface area (Å²) in [5, 5.41) is 0. The summed E-state index contributed by atoms with van der Waals surface area (Å²) in [7, 11) is 0. The van der Waals surface area contributed by atoms with E-state index in [9.17, 15) is 4.79 Å². The minimum Gasteiger partial charge on any atom is -0.493 e. The minimum atomic E-state index is -0.0334. The number of amides is 1. The Balaban J connectivity index is 2.17. The summed E-state index contributed by atoms with van der Waals surface area (Å²) in [6.45, 7) is 3.56. The van der Waals surface area contributed by atoms with E-state index in [0.717, 1.165) is 6.54 Å². The maximum absolute atomic E-state index is 12.5. The monoisotopic (exact) mass is 257 g/mol. The fraction of sp³-hybridized carbons (Fsp3) is 0.438. The van der Waals surface area contributed by atoms with E-state index < -0.39 is 0 Å². The third kappa shape index (κ3) is 3.51. The summed E-state index contributed by atoms with van der Waals surface area (Å²) in [6, 6.07) is 7.33. The molecule has 2 rings (SSSR count). The number of terminal acetylenes is 1. The molecule has 1 aromatic rings. The summed E-state index contributed by atoms with van der Waals surface area (Å²) in [5.41, 5.74) is 0.597. The van der Waals surface area contributed by atoms with Crippen molar-refractivity contribution < 1.29 is 9.53 Å². The molecule has 0 atom stereocenters. The van der Waals surface area contributed by atoms with Crippen LogP contribution in [0.15, 0.2) is 24.3 Å². The van der Waals surface area contributed by atoms with Crippen molar-refractivity contribution in [1.82, 2.24) is 4.90 Å². The number of benzene rings is 1. The van der Waals surface area contributed by atoms with Crippen LogP contribution in [-0.2, 0) is 0 Å². The van der Waals surface area contributed by atoms with Gasteiger partial charge in [-0.1, -0.05) is 18.1 Å². The molecule has 0 heterocycles. The van der Waals surface area contributed by atoms with E-state index in [-0.39, 0.29) is 5.91 Å². The van der Waals surface area contributed by atoms with E-state index in [4.69, 9.17) is 11.2 Å². The summed E-state index contributed by atoms with van der Waals surface area (Å²) >= 11 is 0. The molecular formula is C16H19NO2.